The van der Waals surface area contributed by atoms with Gasteiger partial charge in [0.2, 0.25) is 5.91 Å². The molecule has 28 heavy (non-hydrogen) atoms. The van der Waals surface area contributed by atoms with Crippen molar-refractivity contribution in [3.8, 4) is 0 Å². The van der Waals surface area contributed by atoms with Crippen LogP contribution in [-0.2, 0) is 9.63 Å². The zero-order valence-corrected chi connectivity index (χ0v) is 17.9. The van der Waals surface area contributed by atoms with Gasteiger partial charge in [-0.3, -0.25) is 4.79 Å². The first-order valence-corrected chi connectivity index (χ1v) is 11.6. The molecule has 2 rings (SSSR count). The van der Waals surface area contributed by atoms with Gasteiger partial charge in [0.15, 0.2) is 0 Å². The van der Waals surface area contributed by atoms with Crippen LogP contribution in [-0.4, -0.2) is 36.2 Å². The third-order valence-electron chi connectivity index (χ3n) is 5.73. The number of allylic oxidation sites excluding steroid dienone is 4. The zero-order chi connectivity index (χ0) is 19.9. The maximum Gasteiger partial charge on any atom is 0.222 e. The topological polar surface area (TPSA) is 41.9 Å². The van der Waals surface area contributed by atoms with E-state index in [4.69, 9.17) is 4.84 Å². The molecule has 4 nitrogen and oxygen atoms in total. The van der Waals surface area contributed by atoms with Crippen LogP contribution in [0.25, 0.3) is 0 Å². The third-order valence-corrected chi connectivity index (χ3v) is 5.73. The molecule has 0 aromatic rings. The highest BCUT2D eigenvalue weighted by atomic mass is 16.6. The molecule has 1 amide bonds. The third kappa shape index (κ3) is 9.07. The Morgan fingerprint density at radius 3 is 2.54 bits per heavy atom. The summed E-state index contributed by atoms with van der Waals surface area (Å²) in [5.41, 5.74) is 0. The van der Waals surface area contributed by atoms with Crippen molar-refractivity contribution < 1.29 is 9.63 Å². The van der Waals surface area contributed by atoms with Gasteiger partial charge in [-0.1, -0.05) is 68.5 Å². The second-order valence-electron chi connectivity index (χ2n) is 8.17. The van der Waals surface area contributed by atoms with Crippen molar-refractivity contribution in [1.82, 2.24) is 4.90 Å². The predicted molar refractivity (Wildman–Crippen MR) is 117 cm³/mol. The minimum atomic E-state index is 0.208. The largest absolute Gasteiger partial charge is 0.392 e. The minimum Gasteiger partial charge on any atom is -0.392 e. The Morgan fingerprint density at radius 2 is 1.75 bits per heavy atom. The average Bonchev–Trinajstić information content (AvgIpc) is 3.18. The Labute approximate surface area is 172 Å². The summed E-state index contributed by atoms with van der Waals surface area (Å²) < 4.78 is 0. The highest BCUT2D eigenvalue weighted by molar-refractivity contribution is 5.77. The molecule has 2 aliphatic heterocycles. The first-order chi connectivity index (χ1) is 13.8. The summed E-state index contributed by atoms with van der Waals surface area (Å²) in [5, 5.41) is 3.90. The maximum atomic E-state index is 12.3. The Hall–Kier alpha value is -1.58. The van der Waals surface area contributed by atoms with Crippen LogP contribution in [0.3, 0.4) is 0 Å². The van der Waals surface area contributed by atoms with E-state index in [0.717, 1.165) is 32.4 Å². The molecule has 2 aliphatic rings. The summed E-state index contributed by atoms with van der Waals surface area (Å²) in [4.78, 5) is 19.7. The van der Waals surface area contributed by atoms with Crippen molar-refractivity contribution in [2.24, 2.45) is 11.1 Å². The van der Waals surface area contributed by atoms with Crippen molar-refractivity contribution in [3.05, 3.63) is 24.3 Å². The van der Waals surface area contributed by atoms with E-state index < -0.39 is 0 Å². The fourth-order valence-corrected chi connectivity index (χ4v) is 3.90. The number of piperidine rings is 1. The lowest BCUT2D eigenvalue weighted by Crippen LogP contribution is -2.45. The lowest BCUT2D eigenvalue weighted by atomic mass is 9.96. The fraction of sp³-hybridized carbons (Fsp3) is 0.750. The second-order valence-corrected chi connectivity index (χ2v) is 8.17. The number of hydrogen-bond acceptors (Lipinski definition) is 3. The van der Waals surface area contributed by atoms with E-state index in [1.54, 1.807) is 0 Å². The molecule has 158 valence electrons. The summed E-state index contributed by atoms with van der Waals surface area (Å²) in [6.45, 7) is 3.86. The standard InChI is InChI=1S/C24H40N2O2/c1-2-3-4-5-6-7-8-9-10-11-12-13-14-15-16-17-24(27)26-19-18-23-22(21-26)20-25-28-23/h6-7,9-10,20,22-23H,2-5,8,11-19,21H2,1H3/b7-6+,10-9+. The Morgan fingerprint density at radius 1 is 1.04 bits per heavy atom. The van der Waals surface area contributed by atoms with Gasteiger partial charge in [-0.05, 0) is 38.5 Å². The number of carbonyl (C=O) groups excluding carboxylic acids is 1. The van der Waals surface area contributed by atoms with E-state index in [-0.39, 0.29) is 6.10 Å². The molecule has 0 N–H and O–H groups in total. The lowest BCUT2D eigenvalue weighted by molar-refractivity contribution is -0.134. The Bertz CT molecular complexity index is 513. The molecule has 2 unspecified atom stereocenters. The van der Waals surface area contributed by atoms with Crippen LogP contribution in [0, 0.1) is 5.92 Å². The van der Waals surface area contributed by atoms with Crippen LogP contribution < -0.4 is 0 Å². The van der Waals surface area contributed by atoms with Gasteiger partial charge in [-0.2, -0.15) is 0 Å². The Kier molecular flexibility index (Phi) is 11.7. The summed E-state index contributed by atoms with van der Waals surface area (Å²) in [5.74, 6) is 0.617. The molecule has 0 aromatic carbocycles. The number of likely N-dealkylation sites (tertiary alicyclic amines) is 1. The maximum absolute atomic E-state index is 12.3. The fourth-order valence-electron chi connectivity index (χ4n) is 3.90. The highest BCUT2D eigenvalue weighted by Gasteiger charge is 2.34. The number of nitrogens with zero attached hydrogens (tertiary/aromatic N) is 2. The smallest absolute Gasteiger partial charge is 0.222 e. The van der Waals surface area contributed by atoms with Crippen LogP contribution >= 0.6 is 0 Å². The van der Waals surface area contributed by atoms with Crippen molar-refractivity contribution in [2.75, 3.05) is 13.1 Å². The normalized spacial score (nSPS) is 21.5. The second kappa shape index (κ2) is 14.4. The minimum absolute atomic E-state index is 0.208. The molecular formula is C24H40N2O2. The quantitative estimate of drug-likeness (QED) is 0.269. The lowest BCUT2D eigenvalue weighted by Gasteiger charge is -2.32. The summed E-state index contributed by atoms with van der Waals surface area (Å²) >= 11 is 0. The molecule has 0 aliphatic carbocycles. The van der Waals surface area contributed by atoms with E-state index in [2.05, 4.69) is 36.4 Å². The van der Waals surface area contributed by atoms with Crippen LogP contribution in [0.15, 0.2) is 29.5 Å². The average molecular weight is 389 g/mol. The number of amides is 1. The van der Waals surface area contributed by atoms with Gasteiger partial charge < -0.3 is 9.74 Å². The van der Waals surface area contributed by atoms with E-state index in [1.165, 1.54) is 57.8 Å². The van der Waals surface area contributed by atoms with Gasteiger partial charge in [-0.15, -0.1) is 0 Å². The zero-order valence-electron chi connectivity index (χ0n) is 17.9. The molecule has 0 spiro atoms. The Balaban J connectivity index is 1.38. The van der Waals surface area contributed by atoms with Gasteiger partial charge >= 0.3 is 0 Å². The molecule has 0 radical (unpaired) electrons. The number of fused-ring (bicyclic) bond motifs is 1. The molecule has 2 heterocycles. The van der Waals surface area contributed by atoms with E-state index in [0.29, 0.717) is 18.2 Å². The summed E-state index contributed by atoms with van der Waals surface area (Å²) in [7, 11) is 0. The molecule has 2 atom stereocenters. The molecule has 4 heteroatoms. The van der Waals surface area contributed by atoms with Crippen molar-refractivity contribution in [2.45, 2.75) is 96.5 Å². The SMILES string of the molecule is CCCCC/C=C/C/C=C/CCCCCCCC(=O)N1CCC2ON=CC2C1. The summed E-state index contributed by atoms with van der Waals surface area (Å²) in [6, 6.07) is 0. The number of carbonyl (C=O) groups is 1. The van der Waals surface area contributed by atoms with Crippen molar-refractivity contribution in [3.63, 3.8) is 0 Å². The van der Waals surface area contributed by atoms with Gasteiger partial charge in [-0.25, -0.2) is 0 Å². The molecule has 0 bridgehead atoms. The first kappa shape index (κ1) is 22.7. The van der Waals surface area contributed by atoms with E-state index in [9.17, 15) is 4.79 Å². The molecule has 0 saturated carbocycles. The molecular weight excluding hydrogens is 348 g/mol. The van der Waals surface area contributed by atoms with Crippen LogP contribution in [0.5, 0.6) is 0 Å². The van der Waals surface area contributed by atoms with Gasteiger partial charge in [0.1, 0.15) is 6.10 Å². The number of rotatable bonds is 14. The van der Waals surface area contributed by atoms with Crippen LogP contribution in [0.1, 0.15) is 90.4 Å². The predicted octanol–water partition coefficient (Wildman–Crippen LogP) is 6.03. The monoisotopic (exact) mass is 388 g/mol. The molecule has 1 fully saturated rings. The van der Waals surface area contributed by atoms with Crippen molar-refractivity contribution >= 4 is 12.1 Å². The number of hydrogen-bond donors (Lipinski definition) is 0. The van der Waals surface area contributed by atoms with Gasteiger partial charge in [0.25, 0.3) is 0 Å². The molecule has 0 aromatic heterocycles. The summed E-state index contributed by atoms with van der Waals surface area (Å²) in [6.07, 6.45) is 26.3. The van der Waals surface area contributed by atoms with Gasteiger partial charge in [0, 0.05) is 25.9 Å². The number of oxime groups is 1. The molecule has 1 saturated heterocycles. The number of unbranched alkanes of at least 4 members (excludes halogenated alkanes) is 8. The first-order valence-electron chi connectivity index (χ1n) is 11.6. The van der Waals surface area contributed by atoms with Gasteiger partial charge in [0.05, 0.1) is 12.1 Å². The van der Waals surface area contributed by atoms with E-state index >= 15 is 0 Å². The van der Waals surface area contributed by atoms with Crippen LogP contribution in [0.2, 0.25) is 0 Å². The van der Waals surface area contributed by atoms with Crippen LogP contribution in [0.4, 0.5) is 0 Å². The van der Waals surface area contributed by atoms with E-state index in [1.807, 2.05) is 11.1 Å². The van der Waals surface area contributed by atoms with Crippen molar-refractivity contribution in [1.29, 1.82) is 0 Å². The highest BCUT2D eigenvalue weighted by Crippen LogP contribution is 2.24.